The molecule has 1 N–H and O–H groups in total. The highest BCUT2D eigenvalue weighted by Gasteiger charge is 2.28. The van der Waals surface area contributed by atoms with Crippen LogP contribution >= 0.6 is 0 Å². The van der Waals surface area contributed by atoms with Gasteiger partial charge < -0.3 is 15.0 Å². The number of ether oxygens (including phenoxy) is 1. The van der Waals surface area contributed by atoms with Crippen LogP contribution < -0.4 is 10.1 Å². The van der Waals surface area contributed by atoms with E-state index in [2.05, 4.69) is 5.32 Å². The number of carbonyl (C=O) groups is 1. The molecular formula is C15H24N2O2. The van der Waals surface area contributed by atoms with Crippen LogP contribution in [0.4, 0.5) is 0 Å². The summed E-state index contributed by atoms with van der Waals surface area (Å²) < 4.78 is 5.58. The van der Waals surface area contributed by atoms with E-state index in [0.29, 0.717) is 13.2 Å². The molecule has 0 aliphatic carbocycles. The number of rotatable bonds is 6. The normalized spacial score (nSPS) is 11.2. The topological polar surface area (TPSA) is 41.6 Å². The zero-order valence-corrected chi connectivity index (χ0v) is 12.5. The van der Waals surface area contributed by atoms with Gasteiger partial charge in [0.1, 0.15) is 5.75 Å². The molecule has 0 radical (unpaired) electrons. The van der Waals surface area contributed by atoms with Crippen LogP contribution in [0.25, 0.3) is 0 Å². The number of carbonyl (C=O) groups excluding carboxylic acids is 1. The monoisotopic (exact) mass is 264 g/mol. The highest BCUT2D eigenvalue weighted by molar-refractivity contribution is 5.85. The third-order valence-corrected chi connectivity index (χ3v) is 3.19. The van der Waals surface area contributed by atoms with Crippen molar-refractivity contribution < 1.29 is 9.53 Å². The Morgan fingerprint density at radius 2 is 2.00 bits per heavy atom. The van der Waals surface area contributed by atoms with E-state index in [1.54, 1.807) is 11.9 Å². The number of nitrogens with one attached hydrogen (secondary N) is 1. The Bertz CT molecular complexity index is 430. The standard InChI is InChI=1S/C15H24N2O2/c1-6-19-13-10-8-7-9-12(13)11-17(5)14(18)15(2,3)16-4/h7-10,16H,6,11H2,1-5H3. The van der Waals surface area contributed by atoms with Crippen molar-refractivity contribution in [1.29, 1.82) is 0 Å². The van der Waals surface area contributed by atoms with Crippen LogP contribution in [-0.4, -0.2) is 37.0 Å². The van der Waals surface area contributed by atoms with Gasteiger partial charge in [-0.05, 0) is 33.9 Å². The summed E-state index contributed by atoms with van der Waals surface area (Å²) in [5.41, 5.74) is 0.460. The van der Waals surface area contributed by atoms with E-state index in [0.717, 1.165) is 11.3 Å². The third kappa shape index (κ3) is 3.96. The maximum atomic E-state index is 12.3. The van der Waals surface area contributed by atoms with Crippen molar-refractivity contribution in [2.45, 2.75) is 32.9 Å². The lowest BCUT2D eigenvalue weighted by molar-refractivity contribution is -0.136. The first-order valence-electron chi connectivity index (χ1n) is 6.57. The Hall–Kier alpha value is -1.55. The first-order chi connectivity index (χ1) is 8.92. The first-order valence-corrected chi connectivity index (χ1v) is 6.57. The van der Waals surface area contributed by atoms with Crippen LogP contribution in [-0.2, 0) is 11.3 Å². The number of amides is 1. The van der Waals surface area contributed by atoms with Crippen molar-refractivity contribution >= 4 is 5.91 Å². The molecule has 1 aromatic rings. The van der Waals surface area contributed by atoms with Crippen molar-refractivity contribution in [2.75, 3.05) is 20.7 Å². The zero-order valence-electron chi connectivity index (χ0n) is 12.5. The maximum Gasteiger partial charge on any atom is 0.242 e. The Labute approximate surface area is 115 Å². The molecule has 0 saturated carbocycles. The lowest BCUT2D eigenvalue weighted by atomic mass is 10.0. The molecule has 0 bridgehead atoms. The van der Waals surface area contributed by atoms with Gasteiger partial charge in [0.25, 0.3) is 0 Å². The van der Waals surface area contributed by atoms with Crippen LogP contribution in [0.5, 0.6) is 5.75 Å². The van der Waals surface area contributed by atoms with Crippen molar-refractivity contribution in [3.05, 3.63) is 29.8 Å². The van der Waals surface area contributed by atoms with E-state index in [9.17, 15) is 4.79 Å². The van der Waals surface area contributed by atoms with Gasteiger partial charge in [-0.1, -0.05) is 18.2 Å². The predicted octanol–water partition coefficient (Wildman–Crippen LogP) is 2.04. The van der Waals surface area contributed by atoms with Crippen LogP contribution in [0.2, 0.25) is 0 Å². The van der Waals surface area contributed by atoms with E-state index in [4.69, 9.17) is 4.74 Å². The predicted molar refractivity (Wildman–Crippen MR) is 77.2 cm³/mol. The number of nitrogens with zero attached hydrogens (tertiary/aromatic N) is 1. The molecule has 1 amide bonds. The van der Waals surface area contributed by atoms with Gasteiger partial charge in [0.05, 0.1) is 12.1 Å². The quantitative estimate of drug-likeness (QED) is 0.855. The molecule has 0 heterocycles. The van der Waals surface area contributed by atoms with Gasteiger partial charge in [0, 0.05) is 19.2 Å². The number of hydrogen-bond donors (Lipinski definition) is 1. The minimum Gasteiger partial charge on any atom is -0.494 e. The Balaban J connectivity index is 2.82. The van der Waals surface area contributed by atoms with Gasteiger partial charge in [0.2, 0.25) is 5.91 Å². The van der Waals surface area contributed by atoms with Crippen LogP contribution in [0.3, 0.4) is 0 Å². The highest BCUT2D eigenvalue weighted by Crippen LogP contribution is 2.20. The van der Waals surface area contributed by atoms with Gasteiger partial charge in [0.15, 0.2) is 0 Å². The molecule has 0 fully saturated rings. The van der Waals surface area contributed by atoms with Crippen LogP contribution in [0, 0.1) is 0 Å². The van der Waals surface area contributed by atoms with E-state index in [1.807, 2.05) is 52.1 Å². The number of likely N-dealkylation sites (N-methyl/N-ethyl adjacent to an activating group) is 2. The molecule has 19 heavy (non-hydrogen) atoms. The van der Waals surface area contributed by atoms with Gasteiger partial charge in [-0.2, -0.15) is 0 Å². The minimum atomic E-state index is -0.560. The third-order valence-electron chi connectivity index (χ3n) is 3.19. The van der Waals surface area contributed by atoms with E-state index < -0.39 is 5.54 Å². The summed E-state index contributed by atoms with van der Waals surface area (Å²) in [6.07, 6.45) is 0. The number of para-hydroxylation sites is 1. The second kappa shape index (κ2) is 6.57. The molecule has 4 nitrogen and oxygen atoms in total. The van der Waals surface area contributed by atoms with Crippen molar-refractivity contribution in [3.8, 4) is 5.75 Å². The Morgan fingerprint density at radius 3 is 2.58 bits per heavy atom. The van der Waals surface area contributed by atoms with Gasteiger partial charge in [-0.15, -0.1) is 0 Å². The fraction of sp³-hybridized carbons (Fsp3) is 0.533. The van der Waals surface area contributed by atoms with Crippen molar-refractivity contribution in [2.24, 2.45) is 0 Å². The number of hydrogen-bond acceptors (Lipinski definition) is 3. The molecule has 0 unspecified atom stereocenters. The second-order valence-corrected chi connectivity index (χ2v) is 5.08. The molecule has 0 aliphatic rings. The van der Waals surface area contributed by atoms with E-state index in [1.165, 1.54) is 0 Å². The van der Waals surface area contributed by atoms with E-state index in [-0.39, 0.29) is 5.91 Å². The Kier molecular flexibility index (Phi) is 5.36. The second-order valence-electron chi connectivity index (χ2n) is 5.08. The molecule has 0 spiro atoms. The van der Waals surface area contributed by atoms with Gasteiger partial charge >= 0.3 is 0 Å². The van der Waals surface area contributed by atoms with Gasteiger partial charge in [-0.25, -0.2) is 0 Å². The lowest BCUT2D eigenvalue weighted by Crippen LogP contribution is -2.51. The maximum absolute atomic E-state index is 12.3. The van der Waals surface area contributed by atoms with Crippen molar-refractivity contribution in [3.63, 3.8) is 0 Å². The molecule has 4 heteroatoms. The average molecular weight is 264 g/mol. The SMILES string of the molecule is CCOc1ccccc1CN(C)C(=O)C(C)(C)NC. The smallest absolute Gasteiger partial charge is 0.242 e. The zero-order chi connectivity index (χ0) is 14.5. The summed E-state index contributed by atoms with van der Waals surface area (Å²) >= 11 is 0. The van der Waals surface area contributed by atoms with Crippen molar-refractivity contribution in [1.82, 2.24) is 10.2 Å². The minimum absolute atomic E-state index is 0.0568. The first kappa shape index (κ1) is 15.5. The van der Waals surface area contributed by atoms with E-state index >= 15 is 0 Å². The number of benzene rings is 1. The summed E-state index contributed by atoms with van der Waals surface area (Å²) in [7, 11) is 3.60. The average Bonchev–Trinajstić information content (AvgIpc) is 2.40. The largest absolute Gasteiger partial charge is 0.494 e. The molecule has 106 valence electrons. The molecule has 1 aromatic carbocycles. The van der Waals surface area contributed by atoms with Gasteiger partial charge in [-0.3, -0.25) is 4.79 Å². The summed E-state index contributed by atoms with van der Waals surface area (Å²) in [6.45, 7) is 6.87. The molecule has 1 rings (SSSR count). The molecular weight excluding hydrogens is 240 g/mol. The molecule has 0 saturated heterocycles. The highest BCUT2D eigenvalue weighted by atomic mass is 16.5. The fourth-order valence-electron chi connectivity index (χ4n) is 1.84. The summed E-state index contributed by atoms with van der Waals surface area (Å²) in [5.74, 6) is 0.896. The summed E-state index contributed by atoms with van der Waals surface area (Å²) in [6, 6.07) is 7.81. The summed E-state index contributed by atoms with van der Waals surface area (Å²) in [4.78, 5) is 14.0. The van der Waals surface area contributed by atoms with Crippen LogP contribution in [0.1, 0.15) is 26.3 Å². The lowest BCUT2D eigenvalue weighted by Gasteiger charge is -2.29. The fourth-order valence-corrected chi connectivity index (χ4v) is 1.84. The van der Waals surface area contributed by atoms with Crippen LogP contribution in [0.15, 0.2) is 24.3 Å². The molecule has 0 aliphatic heterocycles. The molecule has 0 aromatic heterocycles. The Morgan fingerprint density at radius 1 is 1.37 bits per heavy atom. The molecule has 0 atom stereocenters. The summed E-state index contributed by atoms with van der Waals surface area (Å²) in [5, 5.41) is 3.03.